The van der Waals surface area contributed by atoms with E-state index in [0.717, 1.165) is 24.9 Å². The van der Waals surface area contributed by atoms with Gasteiger partial charge >= 0.3 is 0 Å². The molecule has 1 aliphatic heterocycles. The van der Waals surface area contributed by atoms with Crippen LogP contribution < -0.4 is 5.32 Å². The van der Waals surface area contributed by atoms with Crippen molar-refractivity contribution in [3.63, 3.8) is 0 Å². The van der Waals surface area contributed by atoms with Gasteiger partial charge in [-0.3, -0.25) is 14.5 Å². The first-order valence-electron chi connectivity index (χ1n) is 7.30. The molecule has 20 heavy (non-hydrogen) atoms. The largest absolute Gasteiger partial charge is 0.355 e. The van der Waals surface area contributed by atoms with Crippen LogP contribution in [-0.4, -0.2) is 42.8 Å². The van der Waals surface area contributed by atoms with Crippen LogP contribution in [0.25, 0.3) is 0 Å². The molecule has 0 bridgehead atoms. The number of rotatable bonds is 5. The molecule has 0 radical (unpaired) electrons. The van der Waals surface area contributed by atoms with E-state index in [0.29, 0.717) is 26.1 Å². The van der Waals surface area contributed by atoms with Crippen molar-refractivity contribution >= 4 is 11.7 Å². The Morgan fingerprint density at radius 2 is 2.00 bits per heavy atom. The summed E-state index contributed by atoms with van der Waals surface area (Å²) in [6, 6.07) is 7.89. The highest BCUT2D eigenvalue weighted by Gasteiger charge is 2.16. The third-order valence-electron chi connectivity index (χ3n) is 3.59. The summed E-state index contributed by atoms with van der Waals surface area (Å²) < 4.78 is 0. The predicted molar refractivity (Wildman–Crippen MR) is 78.8 cm³/mol. The molecular weight excluding hydrogens is 252 g/mol. The van der Waals surface area contributed by atoms with Crippen molar-refractivity contribution < 1.29 is 9.59 Å². The molecule has 0 aliphatic carbocycles. The zero-order chi connectivity index (χ0) is 14.4. The molecule has 1 N–H and O–H groups in total. The van der Waals surface area contributed by atoms with Crippen molar-refractivity contribution in [2.45, 2.75) is 26.2 Å². The second kappa shape index (κ2) is 7.20. The molecule has 1 aromatic rings. The van der Waals surface area contributed by atoms with E-state index in [4.69, 9.17) is 0 Å². The summed E-state index contributed by atoms with van der Waals surface area (Å²) in [6.45, 7) is 4.56. The van der Waals surface area contributed by atoms with E-state index in [2.05, 4.69) is 12.2 Å². The van der Waals surface area contributed by atoms with Crippen LogP contribution in [0.3, 0.4) is 0 Å². The summed E-state index contributed by atoms with van der Waals surface area (Å²) in [5.41, 5.74) is 2.03. The maximum absolute atomic E-state index is 12.2. The first-order valence-corrected chi connectivity index (χ1v) is 7.30. The van der Waals surface area contributed by atoms with Crippen molar-refractivity contribution in [2.24, 2.45) is 0 Å². The zero-order valence-corrected chi connectivity index (χ0v) is 12.0. The van der Waals surface area contributed by atoms with Crippen LogP contribution in [0.5, 0.6) is 0 Å². The fourth-order valence-corrected chi connectivity index (χ4v) is 2.41. The second-order valence-electron chi connectivity index (χ2n) is 5.25. The fourth-order valence-electron chi connectivity index (χ4n) is 2.41. The Hall–Kier alpha value is -1.68. The van der Waals surface area contributed by atoms with Crippen LogP contribution in [0, 0.1) is 0 Å². The molecule has 1 amide bonds. The summed E-state index contributed by atoms with van der Waals surface area (Å²) in [5.74, 6) is 0.200. The normalized spacial score (nSPS) is 16.6. The summed E-state index contributed by atoms with van der Waals surface area (Å²) in [5, 5.41) is 2.82. The van der Waals surface area contributed by atoms with Crippen LogP contribution in [0.15, 0.2) is 24.3 Å². The lowest BCUT2D eigenvalue weighted by Gasteiger charge is -2.17. The first-order chi connectivity index (χ1) is 9.69. The van der Waals surface area contributed by atoms with Gasteiger partial charge in [-0.1, -0.05) is 37.6 Å². The number of carbonyl (C=O) groups excluding carboxylic acids is 2. The molecule has 0 atom stereocenters. The molecule has 4 nitrogen and oxygen atoms in total. The molecule has 0 saturated carbocycles. The topological polar surface area (TPSA) is 49.4 Å². The number of carbonyl (C=O) groups is 2. The lowest BCUT2D eigenvalue weighted by molar-refractivity contribution is -0.120. The molecule has 0 unspecified atom stereocenters. The van der Waals surface area contributed by atoms with E-state index in [-0.39, 0.29) is 11.7 Å². The SMILES string of the molecule is CCCc1ccc(C(=O)CN2CCNC(=O)CC2)cc1. The van der Waals surface area contributed by atoms with Crippen molar-refractivity contribution in [1.29, 1.82) is 0 Å². The van der Waals surface area contributed by atoms with E-state index < -0.39 is 0 Å². The van der Waals surface area contributed by atoms with Gasteiger partial charge in [0.15, 0.2) is 5.78 Å². The highest BCUT2D eigenvalue weighted by Crippen LogP contribution is 2.08. The fraction of sp³-hybridized carbons (Fsp3) is 0.500. The smallest absolute Gasteiger partial charge is 0.221 e. The van der Waals surface area contributed by atoms with Gasteiger partial charge in [0.25, 0.3) is 0 Å². The summed E-state index contributed by atoms with van der Waals surface area (Å²) >= 11 is 0. The van der Waals surface area contributed by atoms with E-state index in [1.165, 1.54) is 5.56 Å². The van der Waals surface area contributed by atoms with E-state index in [1.54, 1.807) is 0 Å². The van der Waals surface area contributed by atoms with Gasteiger partial charge in [0.1, 0.15) is 0 Å². The molecule has 1 aromatic carbocycles. The number of hydrogen-bond donors (Lipinski definition) is 1. The predicted octanol–water partition coefficient (Wildman–Crippen LogP) is 1.64. The maximum atomic E-state index is 12.2. The van der Waals surface area contributed by atoms with Gasteiger partial charge in [-0.15, -0.1) is 0 Å². The molecule has 1 aliphatic rings. The first kappa shape index (κ1) is 14.7. The molecule has 1 heterocycles. The second-order valence-corrected chi connectivity index (χ2v) is 5.25. The van der Waals surface area contributed by atoms with Crippen LogP contribution >= 0.6 is 0 Å². The van der Waals surface area contributed by atoms with Crippen LogP contribution in [0.4, 0.5) is 0 Å². The highest BCUT2D eigenvalue weighted by atomic mass is 16.1. The van der Waals surface area contributed by atoms with Gasteiger partial charge in [0.05, 0.1) is 6.54 Å². The monoisotopic (exact) mass is 274 g/mol. The molecule has 0 spiro atoms. The van der Waals surface area contributed by atoms with Crippen molar-refractivity contribution in [1.82, 2.24) is 10.2 Å². The lowest BCUT2D eigenvalue weighted by Crippen LogP contribution is -2.33. The minimum absolute atomic E-state index is 0.0730. The Kier molecular flexibility index (Phi) is 5.30. The van der Waals surface area contributed by atoms with Gasteiger partial charge in [0.2, 0.25) is 5.91 Å². The summed E-state index contributed by atoms with van der Waals surface area (Å²) in [6.07, 6.45) is 2.64. The number of Topliss-reactive ketones (excluding diaryl/α,β-unsaturated/α-hetero) is 1. The standard InChI is InChI=1S/C16H22N2O2/c1-2-3-13-4-6-14(7-5-13)15(19)12-18-10-8-16(20)17-9-11-18/h4-7H,2-3,8-12H2,1H3,(H,17,20). The number of amides is 1. The average molecular weight is 274 g/mol. The number of nitrogens with zero attached hydrogens (tertiary/aromatic N) is 1. The number of hydrogen-bond acceptors (Lipinski definition) is 3. The number of aryl methyl sites for hydroxylation is 1. The maximum Gasteiger partial charge on any atom is 0.221 e. The van der Waals surface area contributed by atoms with Gasteiger partial charge in [-0.05, 0) is 12.0 Å². The van der Waals surface area contributed by atoms with Crippen molar-refractivity contribution in [2.75, 3.05) is 26.2 Å². The van der Waals surface area contributed by atoms with E-state index in [1.807, 2.05) is 29.2 Å². The Labute approximate surface area is 120 Å². The Morgan fingerprint density at radius 3 is 2.70 bits per heavy atom. The Morgan fingerprint density at radius 1 is 1.25 bits per heavy atom. The van der Waals surface area contributed by atoms with Crippen molar-refractivity contribution in [3.05, 3.63) is 35.4 Å². The molecule has 108 valence electrons. The van der Waals surface area contributed by atoms with Crippen LogP contribution in [-0.2, 0) is 11.2 Å². The summed E-state index contributed by atoms with van der Waals surface area (Å²) in [4.78, 5) is 25.5. The van der Waals surface area contributed by atoms with Crippen LogP contribution in [0.1, 0.15) is 35.7 Å². The van der Waals surface area contributed by atoms with E-state index in [9.17, 15) is 9.59 Å². The number of ketones is 1. The molecular formula is C16H22N2O2. The molecule has 2 rings (SSSR count). The molecule has 0 aromatic heterocycles. The number of nitrogens with one attached hydrogen (secondary N) is 1. The minimum atomic E-state index is 0.0730. The van der Waals surface area contributed by atoms with Crippen LogP contribution in [0.2, 0.25) is 0 Å². The van der Waals surface area contributed by atoms with Gasteiger partial charge in [-0.25, -0.2) is 0 Å². The third kappa shape index (κ3) is 4.17. The number of benzene rings is 1. The van der Waals surface area contributed by atoms with Gasteiger partial charge < -0.3 is 5.32 Å². The third-order valence-corrected chi connectivity index (χ3v) is 3.59. The molecule has 1 fully saturated rings. The van der Waals surface area contributed by atoms with Crippen molar-refractivity contribution in [3.8, 4) is 0 Å². The Balaban J connectivity index is 1.92. The molecule has 1 saturated heterocycles. The van der Waals surface area contributed by atoms with Gasteiger partial charge in [0, 0.05) is 31.6 Å². The van der Waals surface area contributed by atoms with Gasteiger partial charge in [-0.2, -0.15) is 0 Å². The Bertz CT molecular complexity index is 468. The lowest BCUT2D eigenvalue weighted by atomic mass is 10.1. The minimum Gasteiger partial charge on any atom is -0.355 e. The van der Waals surface area contributed by atoms with E-state index >= 15 is 0 Å². The quantitative estimate of drug-likeness (QED) is 0.831. The zero-order valence-electron chi connectivity index (χ0n) is 12.0. The molecule has 4 heteroatoms. The average Bonchev–Trinajstić information content (AvgIpc) is 2.65. The highest BCUT2D eigenvalue weighted by molar-refractivity contribution is 5.97. The summed E-state index contributed by atoms with van der Waals surface area (Å²) in [7, 11) is 0.